The van der Waals surface area contributed by atoms with Crippen LogP contribution < -0.4 is 4.90 Å². The van der Waals surface area contributed by atoms with Crippen molar-refractivity contribution in [2.24, 2.45) is 0 Å². The highest BCUT2D eigenvalue weighted by molar-refractivity contribution is 6.30. The highest BCUT2D eigenvalue weighted by Gasteiger charge is 2.26. The molecule has 1 aliphatic heterocycles. The number of aromatic nitrogens is 1. The number of amides is 1. The van der Waals surface area contributed by atoms with Crippen molar-refractivity contribution < 1.29 is 9.90 Å². The maximum Gasteiger partial charge on any atom is 0.256 e. The number of pyridine rings is 1. The second-order valence-corrected chi connectivity index (χ2v) is 6.72. The van der Waals surface area contributed by atoms with E-state index in [4.69, 9.17) is 11.6 Å². The van der Waals surface area contributed by atoms with Crippen molar-refractivity contribution in [2.45, 2.75) is 19.4 Å². The largest absolute Gasteiger partial charge is 0.378 e. The van der Waals surface area contributed by atoms with E-state index in [0.717, 1.165) is 30.9 Å². The van der Waals surface area contributed by atoms with Crippen LogP contribution in [0, 0.1) is 6.92 Å². The van der Waals surface area contributed by atoms with Crippen LogP contribution in [0.1, 0.15) is 23.8 Å². The lowest BCUT2D eigenvalue weighted by Crippen LogP contribution is -2.38. The van der Waals surface area contributed by atoms with Gasteiger partial charge in [-0.1, -0.05) is 23.7 Å². The molecule has 6 heteroatoms. The summed E-state index contributed by atoms with van der Waals surface area (Å²) in [5.41, 5.74) is 2.63. The highest BCUT2D eigenvalue weighted by atomic mass is 35.5. The first kappa shape index (κ1) is 17.7. The molecule has 25 heavy (non-hydrogen) atoms. The first-order chi connectivity index (χ1) is 12.0. The van der Waals surface area contributed by atoms with Crippen molar-refractivity contribution in [1.29, 1.82) is 0 Å². The Kier molecular flexibility index (Phi) is 5.56. The van der Waals surface area contributed by atoms with Crippen LogP contribution in [0.4, 0.5) is 5.69 Å². The van der Waals surface area contributed by atoms with Gasteiger partial charge in [0.1, 0.15) is 0 Å². The fourth-order valence-corrected chi connectivity index (χ4v) is 3.31. The van der Waals surface area contributed by atoms with Gasteiger partial charge in [-0.25, -0.2) is 0 Å². The number of aliphatic hydroxyl groups is 1. The van der Waals surface area contributed by atoms with Crippen molar-refractivity contribution in [3.63, 3.8) is 0 Å². The Bertz CT molecular complexity index is 753. The second kappa shape index (κ2) is 7.85. The van der Waals surface area contributed by atoms with Gasteiger partial charge < -0.3 is 14.9 Å². The smallest absolute Gasteiger partial charge is 0.256 e. The van der Waals surface area contributed by atoms with Crippen molar-refractivity contribution in [2.75, 3.05) is 31.1 Å². The lowest BCUT2D eigenvalue weighted by atomic mass is 10.1. The minimum atomic E-state index is -1.17. The Balaban J connectivity index is 1.67. The summed E-state index contributed by atoms with van der Waals surface area (Å²) in [6, 6.07) is 10.9. The number of hydrogen-bond acceptors (Lipinski definition) is 4. The maximum atomic E-state index is 12.7. The third-order valence-electron chi connectivity index (χ3n) is 4.45. The second-order valence-electron chi connectivity index (χ2n) is 6.28. The molecular weight excluding hydrogens is 338 g/mol. The van der Waals surface area contributed by atoms with Crippen LogP contribution in [-0.4, -0.2) is 47.1 Å². The van der Waals surface area contributed by atoms with E-state index in [2.05, 4.69) is 16.0 Å². The van der Waals surface area contributed by atoms with E-state index in [-0.39, 0.29) is 5.91 Å². The molecule has 0 radical (unpaired) electrons. The third-order valence-corrected chi connectivity index (χ3v) is 4.69. The molecule has 0 unspecified atom stereocenters. The quantitative estimate of drug-likeness (QED) is 0.915. The molecule has 1 fully saturated rings. The van der Waals surface area contributed by atoms with Gasteiger partial charge >= 0.3 is 0 Å². The van der Waals surface area contributed by atoms with Crippen LogP contribution in [0.3, 0.4) is 0 Å². The summed E-state index contributed by atoms with van der Waals surface area (Å²) in [5.74, 6) is -0.268. The Morgan fingerprint density at radius 3 is 2.80 bits per heavy atom. The number of aryl methyl sites for hydroxylation is 1. The summed E-state index contributed by atoms with van der Waals surface area (Å²) < 4.78 is 0. The minimum absolute atomic E-state index is 0.268. The summed E-state index contributed by atoms with van der Waals surface area (Å²) in [7, 11) is 0. The van der Waals surface area contributed by atoms with E-state index in [0.29, 0.717) is 23.7 Å². The number of halogens is 1. The number of hydrogen-bond donors (Lipinski definition) is 1. The molecule has 3 rings (SSSR count). The van der Waals surface area contributed by atoms with E-state index in [1.165, 1.54) is 0 Å². The fraction of sp³-hybridized carbons (Fsp3) is 0.368. The summed E-state index contributed by atoms with van der Waals surface area (Å²) in [5, 5.41) is 10.9. The summed E-state index contributed by atoms with van der Waals surface area (Å²) >= 11 is 5.96. The monoisotopic (exact) mass is 359 g/mol. The van der Waals surface area contributed by atoms with Crippen LogP contribution >= 0.6 is 11.6 Å². The standard InChI is InChI=1S/C19H22ClN3O2/c1-14-12-17(6-7-21-14)22-8-3-9-23(11-10-22)19(25)18(24)15-4-2-5-16(20)13-15/h2,4-7,12-13,18,24H,3,8-11H2,1H3/t18-/m0/s1. The average Bonchev–Trinajstić information content (AvgIpc) is 2.86. The first-order valence-corrected chi connectivity index (χ1v) is 8.82. The van der Waals surface area contributed by atoms with Crippen LogP contribution in [0.5, 0.6) is 0 Å². The van der Waals surface area contributed by atoms with Gasteiger partial charge in [0.25, 0.3) is 5.91 Å². The molecule has 2 heterocycles. The van der Waals surface area contributed by atoms with Gasteiger partial charge in [0.05, 0.1) is 0 Å². The average molecular weight is 360 g/mol. The number of anilines is 1. The van der Waals surface area contributed by atoms with E-state index in [1.807, 2.05) is 13.0 Å². The van der Waals surface area contributed by atoms with Gasteiger partial charge in [-0.3, -0.25) is 9.78 Å². The van der Waals surface area contributed by atoms with Crippen LogP contribution in [0.15, 0.2) is 42.6 Å². The summed E-state index contributed by atoms with van der Waals surface area (Å²) in [6.07, 6.45) is 1.49. The Morgan fingerprint density at radius 2 is 2.04 bits per heavy atom. The van der Waals surface area contributed by atoms with Gasteiger partial charge in [0.15, 0.2) is 6.10 Å². The predicted octanol–water partition coefficient (Wildman–Crippen LogP) is 2.82. The van der Waals surface area contributed by atoms with Crippen LogP contribution in [-0.2, 0) is 4.79 Å². The molecule has 0 spiro atoms. The van der Waals surface area contributed by atoms with Gasteiger partial charge in [-0.15, -0.1) is 0 Å². The van der Waals surface area contributed by atoms with E-state index in [9.17, 15) is 9.90 Å². The molecule has 5 nitrogen and oxygen atoms in total. The molecule has 2 aromatic rings. The van der Waals surface area contributed by atoms with Crippen LogP contribution in [0.25, 0.3) is 0 Å². The fourth-order valence-electron chi connectivity index (χ4n) is 3.12. The molecule has 1 atom stereocenters. The van der Waals surface area contributed by atoms with Crippen molar-refractivity contribution >= 4 is 23.2 Å². The Morgan fingerprint density at radius 1 is 1.20 bits per heavy atom. The Labute approximate surface area is 152 Å². The zero-order chi connectivity index (χ0) is 17.8. The normalized spacial score (nSPS) is 16.4. The molecule has 1 aromatic carbocycles. The number of nitrogens with zero attached hydrogens (tertiary/aromatic N) is 3. The molecule has 1 N–H and O–H groups in total. The van der Waals surface area contributed by atoms with Crippen molar-refractivity contribution in [3.05, 3.63) is 58.9 Å². The zero-order valence-electron chi connectivity index (χ0n) is 14.2. The third kappa shape index (κ3) is 4.30. The van der Waals surface area contributed by atoms with Crippen molar-refractivity contribution in [1.82, 2.24) is 9.88 Å². The molecule has 0 bridgehead atoms. The van der Waals surface area contributed by atoms with E-state index in [1.54, 1.807) is 35.4 Å². The number of aliphatic hydroxyl groups excluding tert-OH is 1. The molecule has 1 amide bonds. The van der Waals surface area contributed by atoms with E-state index < -0.39 is 6.10 Å². The summed E-state index contributed by atoms with van der Waals surface area (Å²) in [6.45, 7) is 4.80. The number of rotatable bonds is 3. The van der Waals surface area contributed by atoms with Gasteiger partial charge in [0, 0.05) is 48.8 Å². The molecule has 0 saturated carbocycles. The molecule has 132 valence electrons. The van der Waals surface area contributed by atoms with E-state index >= 15 is 0 Å². The van der Waals surface area contributed by atoms with Gasteiger partial charge in [-0.2, -0.15) is 0 Å². The molecule has 0 aliphatic carbocycles. The lowest BCUT2D eigenvalue weighted by Gasteiger charge is -2.25. The number of carbonyl (C=O) groups is 1. The van der Waals surface area contributed by atoms with Crippen LogP contribution in [0.2, 0.25) is 5.02 Å². The predicted molar refractivity (Wildman–Crippen MR) is 98.8 cm³/mol. The minimum Gasteiger partial charge on any atom is -0.378 e. The lowest BCUT2D eigenvalue weighted by molar-refractivity contribution is -0.140. The molecule has 1 aromatic heterocycles. The summed E-state index contributed by atoms with van der Waals surface area (Å²) in [4.78, 5) is 20.9. The molecule has 1 saturated heterocycles. The zero-order valence-corrected chi connectivity index (χ0v) is 15.0. The highest BCUT2D eigenvalue weighted by Crippen LogP contribution is 2.22. The molecule has 1 aliphatic rings. The maximum absolute atomic E-state index is 12.7. The Hall–Kier alpha value is -2.11. The van der Waals surface area contributed by atoms with Gasteiger partial charge in [-0.05, 0) is 43.2 Å². The van der Waals surface area contributed by atoms with Crippen molar-refractivity contribution in [3.8, 4) is 0 Å². The number of benzene rings is 1. The number of carbonyl (C=O) groups excluding carboxylic acids is 1. The SMILES string of the molecule is Cc1cc(N2CCCN(C(=O)[C@@H](O)c3cccc(Cl)c3)CC2)ccn1. The first-order valence-electron chi connectivity index (χ1n) is 8.44. The van der Waals surface area contributed by atoms with Gasteiger partial charge in [0.2, 0.25) is 0 Å². The molecular formula is C19H22ClN3O2. The topological polar surface area (TPSA) is 56.7 Å².